The van der Waals surface area contributed by atoms with Gasteiger partial charge >= 0.3 is 0 Å². The molecule has 0 aromatic rings. The number of likely N-dealkylation sites (tertiary alicyclic amines) is 1. The van der Waals surface area contributed by atoms with Crippen molar-refractivity contribution in [2.75, 3.05) is 26.2 Å². The Kier molecular flexibility index (Phi) is 4.81. The zero-order valence-corrected chi connectivity index (χ0v) is 8.76. The van der Waals surface area contributed by atoms with E-state index < -0.39 is 12.2 Å². The number of β-amino-alcohol motifs (C(OH)–C–C–N with tert-alkyl or cyclic N) is 1. The second-order valence-corrected chi connectivity index (χ2v) is 4.11. The summed E-state index contributed by atoms with van der Waals surface area (Å²) in [4.78, 5) is 2.11. The number of hydrogen-bond acceptors (Lipinski definition) is 4. The van der Waals surface area contributed by atoms with Gasteiger partial charge in [0.1, 0.15) is 0 Å². The molecule has 3 N–H and O–H groups in total. The summed E-state index contributed by atoms with van der Waals surface area (Å²) in [7, 11) is 0. The summed E-state index contributed by atoms with van der Waals surface area (Å²) >= 11 is 0. The third kappa shape index (κ3) is 2.92. The lowest BCUT2D eigenvalue weighted by molar-refractivity contribution is -0.0861. The van der Waals surface area contributed by atoms with Crippen molar-refractivity contribution in [1.82, 2.24) is 4.90 Å². The van der Waals surface area contributed by atoms with Crippen molar-refractivity contribution < 1.29 is 15.3 Å². The number of unbranched alkanes of at least 4 members (excludes halogenated alkanes) is 1. The molecule has 84 valence electrons. The Bertz CT molecular complexity index is 165. The zero-order chi connectivity index (χ0) is 10.6. The zero-order valence-electron chi connectivity index (χ0n) is 8.76. The van der Waals surface area contributed by atoms with Crippen LogP contribution in [0.25, 0.3) is 0 Å². The fourth-order valence-corrected chi connectivity index (χ4v) is 1.93. The fourth-order valence-electron chi connectivity index (χ4n) is 1.93. The maximum atomic E-state index is 9.55. The summed E-state index contributed by atoms with van der Waals surface area (Å²) in [6.07, 6.45) is 0.746. The smallest absolute Gasteiger partial charge is 0.0929 e. The molecule has 4 nitrogen and oxygen atoms in total. The van der Waals surface area contributed by atoms with E-state index in [2.05, 4.69) is 11.8 Å². The molecule has 0 saturated carbocycles. The first-order valence-electron chi connectivity index (χ1n) is 5.38. The highest BCUT2D eigenvalue weighted by Crippen LogP contribution is 2.17. The van der Waals surface area contributed by atoms with Crippen LogP contribution in [0.5, 0.6) is 0 Å². The van der Waals surface area contributed by atoms with Gasteiger partial charge in [-0.3, -0.25) is 0 Å². The molecule has 1 rings (SSSR count). The van der Waals surface area contributed by atoms with Crippen molar-refractivity contribution in [1.29, 1.82) is 0 Å². The van der Waals surface area contributed by atoms with Crippen molar-refractivity contribution in [3.63, 3.8) is 0 Å². The minimum atomic E-state index is -0.766. The number of aliphatic hydroxyl groups is 3. The van der Waals surface area contributed by atoms with Crippen molar-refractivity contribution in [3.05, 3.63) is 0 Å². The Labute approximate surface area is 85.2 Å². The summed E-state index contributed by atoms with van der Waals surface area (Å²) in [6.45, 7) is 4.22. The quantitative estimate of drug-likeness (QED) is 0.573. The van der Waals surface area contributed by atoms with Gasteiger partial charge < -0.3 is 20.2 Å². The van der Waals surface area contributed by atoms with E-state index in [0.29, 0.717) is 13.1 Å². The molecule has 1 aliphatic heterocycles. The number of rotatable bonds is 4. The molecule has 0 aromatic heterocycles. The van der Waals surface area contributed by atoms with Crippen molar-refractivity contribution >= 4 is 0 Å². The van der Waals surface area contributed by atoms with Crippen molar-refractivity contribution in [2.45, 2.75) is 32.0 Å². The lowest BCUT2D eigenvalue weighted by Gasteiger charge is -2.38. The van der Waals surface area contributed by atoms with Crippen LogP contribution in [-0.4, -0.2) is 58.7 Å². The first-order chi connectivity index (χ1) is 6.69. The van der Waals surface area contributed by atoms with Gasteiger partial charge in [-0.1, -0.05) is 13.3 Å². The molecule has 1 fully saturated rings. The van der Waals surface area contributed by atoms with Crippen molar-refractivity contribution in [2.24, 2.45) is 5.92 Å². The van der Waals surface area contributed by atoms with Crippen molar-refractivity contribution in [3.8, 4) is 0 Å². The van der Waals surface area contributed by atoms with E-state index in [0.717, 1.165) is 19.4 Å². The average molecular weight is 203 g/mol. The molecule has 0 aliphatic carbocycles. The monoisotopic (exact) mass is 203 g/mol. The van der Waals surface area contributed by atoms with Gasteiger partial charge in [-0.2, -0.15) is 0 Å². The molecule has 1 heterocycles. The van der Waals surface area contributed by atoms with E-state index in [9.17, 15) is 10.2 Å². The van der Waals surface area contributed by atoms with Gasteiger partial charge in [0, 0.05) is 25.6 Å². The summed E-state index contributed by atoms with van der Waals surface area (Å²) in [5.41, 5.74) is 0. The highest BCUT2D eigenvalue weighted by Gasteiger charge is 2.33. The first-order valence-corrected chi connectivity index (χ1v) is 5.38. The Morgan fingerprint density at radius 1 is 1.29 bits per heavy atom. The first kappa shape index (κ1) is 11.9. The molecule has 0 spiro atoms. The maximum Gasteiger partial charge on any atom is 0.0929 e. The molecule has 0 bridgehead atoms. The topological polar surface area (TPSA) is 63.9 Å². The Balaban J connectivity index is 2.41. The van der Waals surface area contributed by atoms with E-state index in [1.165, 1.54) is 0 Å². The fraction of sp³-hybridized carbons (Fsp3) is 1.00. The van der Waals surface area contributed by atoms with Crippen LogP contribution in [0.1, 0.15) is 19.8 Å². The predicted octanol–water partition coefficient (Wildman–Crippen LogP) is -0.568. The molecular weight excluding hydrogens is 182 g/mol. The lowest BCUT2D eigenvalue weighted by atomic mass is 9.93. The van der Waals surface area contributed by atoms with Crippen LogP contribution < -0.4 is 0 Å². The molecule has 1 saturated heterocycles. The summed E-state index contributed by atoms with van der Waals surface area (Å²) < 4.78 is 0. The molecule has 14 heavy (non-hydrogen) atoms. The number of aliphatic hydroxyl groups excluding tert-OH is 3. The highest BCUT2D eigenvalue weighted by atomic mass is 16.3. The lowest BCUT2D eigenvalue weighted by Crippen LogP contribution is -2.53. The Hall–Kier alpha value is -0.160. The van der Waals surface area contributed by atoms with E-state index in [1.807, 2.05) is 0 Å². The van der Waals surface area contributed by atoms with Gasteiger partial charge in [0.05, 0.1) is 12.2 Å². The van der Waals surface area contributed by atoms with Crippen LogP contribution in [0.15, 0.2) is 0 Å². The normalized spacial score (nSPS) is 34.7. The molecule has 4 heteroatoms. The van der Waals surface area contributed by atoms with Gasteiger partial charge in [0.25, 0.3) is 0 Å². The molecule has 1 aliphatic rings. The summed E-state index contributed by atoms with van der Waals surface area (Å²) in [6, 6.07) is 0. The Morgan fingerprint density at radius 3 is 2.57 bits per heavy atom. The molecule has 0 unspecified atom stereocenters. The standard InChI is InChI=1S/C10H21NO3/c1-2-3-4-11-5-8(7-12)10(14)9(13)6-11/h8-10,12-14H,2-7H2,1H3/t8-,9-,10+/m0/s1. The van der Waals surface area contributed by atoms with E-state index in [4.69, 9.17) is 5.11 Å². The third-order valence-corrected chi connectivity index (χ3v) is 2.88. The van der Waals surface area contributed by atoms with E-state index in [-0.39, 0.29) is 12.5 Å². The molecule has 0 radical (unpaired) electrons. The number of piperidine rings is 1. The predicted molar refractivity (Wildman–Crippen MR) is 53.9 cm³/mol. The molecule has 3 atom stereocenters. The second-order valence-electron chi connectivity index (χ2n) is 4.11. The number of nitrogens with zero attached hydrogens (tertiary/aromatic N) is 1. The minimum absolute atomic E-state index is 0.0547. The number of hydrogen-bond donors (Lipinski definition) is 3. The molecule has 0 amide bonds. The van der Waals surface area contributed by atoms with Gasteiger partial charge in [0.2, 0.25) is 0 Å². The maximum absolute atomic E-state index is 9.55. The average Bonchev–Trinajstić information content (AvgIpc) is 2.19. The minimum Gasteiger partial charge on any atom is -0.396 e. The van der Waals surface area contributed by atoms with Crippen LogP contribution in [0.3, 0.4) is 0 Å². The van der Waals surface area contributed by atoms with Gasteiger partial charge in [-0.05, 0) is 13.0 Å². The van der Waals surface area contributed by atoms with E-state index in [1.54, 1.807) is 0 Å². The second kappa shape index (κ2) is 5.66. The van der Waals surface area contributed by atoms with E-state index >= 15 is 0 Å². The summed E-state index contributed by atoms with van der Waals surface area (Å²) in [5.74, 6) is -0.199. The van der Waals surface area contributed by atoms with Crippen LogP contribution >= 0.6 is 0 Å². The van der Waals surface area contributed by atoms with Crippen LogP contribution in [0.4, 0.5) is 0 Å². The van der Waals surface area contributed by atoms with Gasteiger partial charge in [-0.25, -0.2) is 0 Å². The van der Waals surface area contributed by atoms with Gasteiger partial charge in [0.15, 0.2) is 0 Å². The highest BCUT2D eigenvalue weighted by molar-refractivity contribution is 4.85. The van der Waals surface area contributed by atoms with Gasteiger partial charge in [-0.15, -0.1) is 0 Å². The summed E-state index contributed by atoms with van der Waals surface area (Å²) in [5, 5.41) is 28.1. The van der Waals surface area contributed by atoms with Crippen LogP contribution in [-0.2, 0) is 0 Å². The van der Waals surface area contributed by atoms with Crippen LogP contribution in [0, 0.1) is 5.92 Å². The largest absolute Gasteiger partial charge is 0.396 e. The van der Waals surface area contributed by atoms with Crippen LogP contribution in [0.2, 0.25) is 0 Å². The Morgan fingerprint density at radius 2 is 2.00 bits per heavy atom. The molecule has 0 aromatic carbocycles. The third-order valence-electron chi connectivity index (χ3n) is 2.88. The molecular formula is C10H21NO3. The SMILES string of the molecule is CCCCN1C[C@@H](CO)[C@@H](O)[C@@H](O)C1.